The minimum Gasteiger partial charge on any atom is -0.477 e. The van der Waals surface area contributed by atoms with Crippen molar-refractivity contribution in [2.24, 2.45) is 5.92 Å². The Morgan fingerprint density at radius 3 is 2.86 bits per heavy atom. The molecular formula is C23H27NO4S. The van der Waals surface area contributed by atoms with Gasteiger partial charge >= 0.3 is 5.97 Å². The number of carbonyl (C=O) groups is 2. The SMILES string of the molecule is CCCC#CC[C@H](C)[C@H](O)C=C[C@H]1CCC(=O)N1CC#Cc1ccc(C(=O)O)s1. The average Bonchev–Trinajstić information content (AvgIpc) is 3.31. The van der Waals surface area contributed by atoms with Crippen LogP contribution in [0, 0.1) is 29.6 Å². The van der Waals surface area contributed by atoms with E-state index in [0.717, 1.165) is 24.2 Å². The fraction of sp³-hybridized carbons (Fsp3) is 0.478. The van der Waals surface area contributed by atoms with Gasteiger partial charge in [-0.1, -0.05) is 37.8 Å². The topological polar surface area (TPSA) is 77.8 Å². The Morgan fingerprint density at radius 2 is 2.17 bits per heavy atom. The predicted octanol–water partition coefficient (Wildman–Crippen LogP) is 3.54. The van der Waals surface area contributed by atoms with Gasteiger partial charge < -0.3 is 15.1 Å². The molecule has 3 atom stereocenters. The number of unbranched alkanes of at least 4 members (excludes halogenated alkanes) is 1. The number of aromatic carboxylic acids is 1. The summed E-state index contributed by atoms with van der Waals surface area (Å²) in [5, 5.41) is 19.3. The van der Waals surface area contributed by atoms with E-state index >= 15 is 0 Å². The summed E-state index contributed by atoms with van der Waals surface area (Å²) in [4.78, 5) is 25.7. The van der Waals surface area contributed by atoms with Crippen LogP contribution >= 0.6 is 11.3 Å². The molecule has 2 rings (SSSR count). The van der Waals surface area contributed by atoms with Crippen LogP contribution in [0.5, 0.6) is 0 Å². The lowest BCUT2D eigenvalue weighted by atomic mass is 10.00. The van der Waals surface area contributed by atoms with Crippen molar-refractivity contribution in [1.29, 1.82) is 0 Å². The first-order chi connectivity index (χ1) is 13.9. The summed E-state index contributed by atoms with van der Waals surface area (Å²) in [5.74, 6) is 11.2. The Morgan fingerprint density at radius 1 is 1.38 bits per heavy atom. The van der Waals surface area contributed by atoms with Crippen LogP contribution < -0.4 is 0 Å². The van der Waals surface area contributed by atoms with E-state index in [4.69, 9.17) is 5.11 Å². The third-order valence-electron chi connectivity index (χ3n) is 4.69. The van der Waals surface area contributed by atoms with Crippen LogP contribution in [0.15, 0.2) is 24.3 Å². The second-order valence-electron chi connectivity index (χ2n) is 7.06. The molecule has 29 heavy (non-hydrogen) atoms. The van der Waals surface area contributed by atoms with Crippen molar-refractivity contribution in [3.8, 4) is 23.7 Å². The molecule has 2 heterocycles. The monoisotopic (exact) mass is 413 g/mol. The number of hydrogen-bond donors (Lipinski definition) is 2. The number of carboxylic acids is 1. The third-order valence-corrected chi connectivity index (χ3v) is 5.68. The lowest BCUT2D eigenvalue weighted by molar-refractivity contribution is -0.127. The molecule has 5 nitrogen and oxygen atoms in total. The van der Waals surface area contributed by atoms with Gasteiger partial charge in [-0.05, 0) is 30.9 Å². The number of amides is 1. The molecule has 0 aliphatic carbocycles. The number of hydrogen-bond acceptors (Lipinski definition) is 4. The van der Waals surface area contributed by atoms with Crippen molar-refractivity contribution in [3.05, 3.63) is 34.0 Å². The number of thiophene rings is 1. The second kappa shape index (κ2) is 11.5. The van der Waals surface area contributed by atoms with Gasteiger partial charge in [0.2, 0.25) is 5.91 Å². The van der Waals surface area contributed by atoms with Crippen molar-refractivity contribution in [3.63, 3.8) is 0 Å². The number of rotatable bonds is 7. The lowest BCUT2D eigenvalue weighted by Gasteiger charge is -2.20. The summed E-state index contributed by atoms with van der Waals surface area (Å²) in [6.45, 7) is 4.33. The fourth-order valence-electron chi connectivity index (χ4n) is 2.89. The Balaban J connectivity index is 1.92. The molecule has 0 spiro atoms. The second-order valence-corrected chi connectivity index (χ2v) is 8.14. The highest BCUT2D eigenvalue weighted by molar-refractivity contribution is 7.14. The van der Waals surface area contributed by atoms with Crippen molar-refractivity contribution < 1.29 is 19.8 Å². The Bertz CT molecular complexity index is 865. The molecule has 2 N–H and O–H groups in total. The van der Waals surface area contributed by atoms with Gasteiger partial charge in [0.05, 0.1) is 23.6 Å². The standard InChI is InChI=1S/C23H27NO4S/c1-3-4-5-6-8-17(2)20(25)13-10-18-11-15-22(26)24(18)16-7-9-19-12-14-21(29-19)23(27)28/h10,12-14,17-18,20,25H,3-4,8,11,15-16H2,1-2H3,(H,27,28)/t17-,18-,20+/m0/s1. The minimum atomic E-state index is -0.966. The van der Waals surface area contributed by atoms with Gasteiger partial charge in [0.1, 0.15) is 4.88 Å². The number of carboxylic acid groups (broad SMARTS) is 1. The van der Waals surface area contributed by atoms with Crippen molar-refractivity contribution in [2.45, 2.75) is 58.1 Å². The van der Waals surface area contributed by atoms with Gasteiger partial charge in [0.15, 0.2) is 0 Å². The molecule has 1 fully saturated rings. The van der Waals surface area contributed by atoms with E-state index in [-0.39, 0.29) is 29.3 Å². The summed E-state index contributed by atoms with van der Waals surface area (Å²) in [7, 11) is 0. The molecule has 1 aromatic rings. The maximum atomic E-state index is 12.2. The van der Waals surface area contributed by atoms with E-state index in [1.165, 1.54) is 6.07 Å². The van der Waals surface area contributed by atoms with E-state index < -0.39 is 12.1 Å². The van der Waals surface area contributed by atoms with Crippen LogP contribution in [0.25, 0.3) is 0 Å². The van der Waals surface area contributed by atoms with Gasteiger partial charge in [-0.2, -0.15) is 0 Å². The molecule has 0 unspecified atom stereocenters. The molecule has 154 valence electrons. The zero-order valence-electron chi connectivity index (χ0n) is 16.9. The highest BCUT2D eigenvalue weighted by Gasteiger charge is 2.28. The van der Waals surface area contributed by atoms with Gasteiger partial charge in [0.25, 0.3) is 0 Å². The molecule has 1 saturated heterocycles. The molecule has 0 saturated carbocycles. The van der Waals surface area contributed by atoms with Gasteiger partial charge in [-0.3, -0.25) is 4.79 Å². The lowest BCUT2D eigenvalue weighted by Crippen LogP contribution is -2.32. The van der Waals surface area contributed by atoms with E-state index in [9.17, 15) is 14.7 Å². The Hall–Kier alpha value is -2.54. The number of aliphatic hydroxyl groups excluding tert-OH is 1. The normalized spacial score (nSPS) is 18.1. The largest absolute Gasteiger partial charge is 0.477 e. The molecule has 0 aromatic carbocycles. The molecule has 6 heteroatoms. The summed E-state index contributed by atoms with van der Waals surface area (Å²) in [5.41, 5.74) is 0. The summed E-state index contributed by atoms with van der Waals surface area (Å²) in [6.07, 6.45) is 6.77. The molecule has 1 aromatic heterocycles. The van der Waals surface area contributed by atoms with E-state index in [2.05, 4.69) is 30.6 Å². The zero-order valence-corrected chi connectivity index (χ0v) is 17.7. The Kier molecular flexibility index (Phi) is 8.99. The van der Waals surface area contributed by atoms with Gasteiger partial charge in [-0.15, -0.1) is 23.2 Å². The number of carbonyl (C=O) groups excluding carboxylic acids is 1. The highest BCUT2D eigenvalue weighted by Crippen LogP contribution is 2.21. The van der Waals surface area contributed by atoms with Crippen molar-refractivity contribution >= 4 is 23.2 Å². The molecule has 0 radical (unpaired) electrons. The third kappa shape index (κ3) is 7.09. The summed E-state index contributed by atoms with van der Waals surface area (Å²) >= 11 is 1.12. The van der Waals surface area contributed by atoms with Crippen LogP contribution in [0.3, 0.4) is 0 Å². The molecular weight excluding hydrogens is 386 g/mol. The number of nitrogens with zero attached hydrogens (tertiary/aromatic N) is 1. The summed E-state index contributed by atoms with van der Waals surface area (Å²) in [6, 6.07) is 3.12. The van der Waals surface area contributed by atoms with Crippen molar-refractivity contribution in [1.82, 2.24) is 4.90 Å². The first-order valence-electron chi connectivity index (χ1n) is 9.86. The number of aliphatic hydroxyl groups is 1. The number of likely N-dealkylation sites (tertiary alicyclic amines) is 1. The first-order valence-corrected chi connectivity index (χ1v) is 10.7. The fourth-order valence-corrected chi connectivity index (χ4v) is 3.61. The average molecular weight is 414 g/mol. The maximum absolute atomic E-state index is 12.2. The van der Waals surface area contributed by atoms with E-state index in [1.807, 2.05) is 13.0 Å². The quantitative estimate of drug-likeness (QED) is 0.529. The van der Waals surface area contributed by atoms with Crippen LogP contribution in [-0.2, 0) is 4.79 Å². The first kappa shape index (κ1) is 22.7. The smallest absolute Gasteiger partial charge is 0.345 e. The van der Waals surface area contributed by atoms with E-state index in [0.29, 0.717) is 24.1 Å². The van der Waals surface area contributed by atoms with Crippen LogP contribution in [0.2, 0.25) is 0 Å². The Labute approximate surface area is 176 Å². The molecule has 1 aliphatic heterocycles. The van der Waals surface area contributed by atoms with Crippen molar-refractivity contribution in [2.75, 3.05) is 6.54 Å². The van der Waals surface area contributed by atoms with Gasteiger partial charge in [-0.25, -0.2) is 4.79 Å². The highest BCUT2D eigenvalue weighted by atomic mass is 32.1. The predicted molar refractivity (Wildman–Crippen MR) is 115 cm³/mol. The van der Waals surface area contributed by atoms with Crippen LogP contribution in [0.1, 0.15) is 60.5 Å². The zero-order chi connectivity index (χ0) is 21.2. The minimum absolute atomic E-state index is 0.0308. The summed E-state index contributed by atoms with van der Waals surface area (Å²) < 4.78 is 0. The van der Waals surface area contributed by atoms with Gasteiger partial charge in [0, 0.05) is 19.3 Å². The van der Waals surface area contributed by atoms with Crippen LogP contribution in [-0.4, -0.2) is 45.7 Å². The van der Waals surface area contributed by atoms with E-state index in [1.54, 1.807) is 17.0 Å². The molecule has 0 bridgehead atoms. The molecule has 1 aliphatic rings. The molecule has 1 amide bonds. The van der Waals surface area contributed by atoms with Crippen LogP contribution in [0.4, 0.5) is 0 Å². The maximum Gasteiger partial charge on any atom is 0.345 e.